The highest BCUT2D eigenvalue weighted by atomic mass is 16.7. The van der Waals surface area contributed by atoms with E-state index in [4.69, 9.17) is 33.2 Å². The van der Waals surface area contributed by atoms with E-state index in [2.05, 4.69) is 10.6 Å². The molecule has 2 aliphatic rings. The predicted octanol–water partition coefficient (Wildman–Crippen LogP) is 3.74. The summed E-state index contributed by atoms with van der Waals surface area (Å²) < 4.78 is 39.3. The van der Waals surface area contributed by atoms with Gasteiger partial charge in [0.2, 0.25) is 0 Å². The Balaban J connectivity index is 1.29. The van der Waals surface area contributed by atoms with E-state index in [1.54, 1.807) is 24.3 Å². The van der Waals surface area contributed by atoms with Crippen LogP contribution in [0.4, 0.5) is 4.79 Å². The first-order valence-electron chi connectivity index (χ1n) is 18.2. The van der Waals surface area contributed by atoms with E-state index in [0.717, 1.165) is 48.6 Å². The van der Waals surface area contributed by atoms with Gasteiger partial charge in [0.15, 0.2) is 18.3 Å². The normalized spacial score (nSPS) is 20.3. The highest BCUT2D eigenvalue weighted by molar-refractivity contribution is 5.79. The molecule has 1 aliphatic carbocycles. The van der Waals surface area contributed by atoms with Crippen molar-refractivity contribution >= 4 is 35.9 Å². The Hall–Kier alpha value is -5.80. The number of carbonyl (C=O) groups excluding carboxylic acids is 6. The van der Waals surface area contributed by atoms with Crippen LogP contribution >= 0.6 is 0 Å². The number of amides is 1. The van der Waals surface area contributed by atoms with E-state index >= 15 is 0 Å². The van der Waals surface area contributed by atoms with Gasteiger partial charge in [0, 0.05) is 53.1 Å². The van der Waals surface area contributed by atoms with Gasteiger partial charge < -0.3 is 43.8 Å². The molecule has 0 bridgehead atoms. The monoisotopic (exact) mass is 774 g/mol. The first-order chi connectivity index (χ1) is 26.9. The first kappa shape index (κ1) is 41.4. The number of hydrogen-bond acceptors (Lipinski definition) is 14. The average molecular weight is 775 g/mol. The fourth-order valence-corrected chi connectivity index (χ4v) is 6.89. The van der Waals surface area contributed by atoms with Gasteiger partial charge >= 0.3 is 35.9 Å². The molecular formula is C41H46N2O13. The molecule has 298 valence electrons. The van der Waals surface area contributed by atoms with Crippen molar-refractivity contribution in [2.75, 3.05) is 26.3 Å². The van der Waals surface area contributed by atoms with Crippen molar-refractivity contribution in [2.24, 2.45) is 0 Å². The van der Waals surface area contributed by atoms with Crippen LogP contribution in [0.2, 0.25) is 0 Å². The molecule has 2 N–H and O–H groups in total. The number of rotatable bonds is 16. The number of hydrogen-bond donors (Lipinski definition) is 2. The fourth-order valence-electron chi connectivity index (χ4n) is 6.89. The smallest absolute Gasteiger partial charge is 0.407 e. The third-order valence-corrected chi connectivity index (χ3v) is 9.19. The van der Waals surface area contributed by atoms with E-state index in [1.807, 2.05) is 54.6 Å². The summed E-state index contributed by atoms with van der Waals surface area (Å²) in [7, 11) is 0. The maximum atomic E-state index is 13.7. The maximum Gasteiger partial charge on any atom is 0.407 e. The Kier molecular flexibility index (Phi) is 14.5. The topological polar surface area (TPSA) is 191 Å². The predicted molar refractivity (Wildman–Crippen MR) is 198 cm³/mol. The van der Waals surface area contributed by atoms with Gasteiger partial charge in [-0.15, -0.1) is 0 Å². The minimum Gasteiger partial charge on any atom is -0.463 e. The molecule has 1 unspecified atom stereocenters. The number of carbonyl (C=O) groups is 6. The van der Waals surface area contributed by atoms with E-state index in [0.29, 0.717) is 0 Å². The number of benzene rings is 3. The van der Waals surface area contributed by atoms with Gasteiger partial charge in [-0.1, -0.05) is 78.9 Å². The molecule has 3 aromatic rings. The summed E-state index contributed by atoms with van der Waals surface area (Å²) in [6, 6.07) is 23.8. The van der Waals surface area contributed by atoms with E-state index in [1.165, 1.54) is 6.92 Å². The molecule has 1 saturated heterocycles. The SMILES string of the molecule is CC(=O)OC[C@H]1O[C@@H](CC(NCCNC(=O)OCC2c3ccccc3-c3ccccc32)C(=O)OCc2ccccc2)[C@H](OC(C)=O)[C@@H](OC(C)=O)[C@H]1OC(C)=O. The molecule has 0 saturated carbocycles. The number of ether oxygens (including phenoxy) is 7. The van der Waals surface area contributed by atoms with Gasteiger partial charge in [-0.25, -0.2) is 4.79 Å². The molecule has 0 aromatic heterocycles. The van der Waals surface area contributed by atoms with E-state index in [-0.39, 0.29) is 38.6 Å². The summed E-state index contributed by atoms with van der Waals surface area (Å²) in [5.41, 5.74) is 5.07. The quantitative estimate of drug-likeness (QED) is 0.122. The van der Waals surface area contributed by atoms with Crippen LogP contribution in [-0.2, 0) is 63.7 Å². The molecule has 1 fully saturated rings. The highest BCUT2D eigenvalue weighted by Crippen LogP contribution is 2.44. The zero-order valence-electron chi connectivity index (χ0n) is 31.6. The maximum absolute atomic E-state index is 13.7. The van der Waals surface area contributed by atoms with Crippen LogP contribution in [0.15, 0.2) is 78.9 Å². The number of nitrogens with one attached hydrogen (secondary N) is 2. The van der Waals surface area contributed by atoms with Gasteiger partial charge in [-0.2, -0.15) is 0 Å². The van der Waals surface area contributed by atoms with Gasteiger partial charge in [-0.05, 0) is 27.8 Å². The summed E-state index contributed by atoms with van der Waals surface area (Å²) in [6.07, 6.45) is -7.40. The molecule has 1 aliphatic heterocycles. The Morgan fingerprint density at radius 1 is 0.607 bits per heavy atom. The molecule has 5 rings (SSSR count). The van der Waals surface area contributed by atoms with Crippen LogP contribution in [0.25, 0.3) is 11.1 Å². The Morgan fingerprint density at radius 2 is 1.16 bits per heavy atom. The fraction of sp³-hybridized carbons (Fsp3) is 0.415. The van der Waals surface area contributed by atoms with E-state index in [9.17, 15) is 28.8 Å². The van der Waals surface area contributed by atoms with E-state index < -0.39 is 79.1 Å². The zero-order valence-corrected chi connectivity index (χ0v) is 31.6. The molecular weight excluding hydrogens is 728 g/mol. The molecule has 1 heterocycles. The second-order valence-electron chi connectivity index (χ2n) is 13.3. The van der Waals surface area contributed by atoms with Crippen LogP contribution in [0.1, 0.15) is 56.7 Å². The lowest BCUT2D eigenvalue weighted by Crippen LogP contribution is -2.63. The summed E-state index contributed by atoms with van der Waals surface area (Å²) in [6.45, 7) is 4.28. The summed E-state index contributed by atoms with van der Waals surface area (Å²) in [5, 5.41) is 5.78. The standard InChI is InChI=1S/C41H46N2O13/c1-24(44)50-23-36-38(54-26(3)46)39(55-27(4)47)37(53-25(2)45)35(56-36)20-34(40(48)51-21-28-12-6-5-7-13-28)42-18-19-43-41(49)52-22-33-31-16-10-8-14-29(31)30-15-9-11-17-32(30)33/h5-17,33-39,42H,18-23H2,1-4H3,(H,43,49)/t34?,35-,36+,37-,38-,39+/m0/s1. The molecule has 3 aromatic carbocycles. The molecule has 6 atom stereocenters. The van der Waals surface area contributed by atoms with Gasteiger partial charge in [0.25, 0.3) is 0 Å². The van der Waals surface area contributed by atoms with Gasteiger partial charge in [0.1, 0.15) is 38.1 Å². The van der Waals surface area contributed by atoms with Gasteiger partial charge in [0.05, 0.1) is 0 Å². The highest BCUT2D eigenvalue weighted by Gasteiger charge is 2.52. The van der Waals surface area contributed by atoms with Gasteiger partial charge in [-0.3, -0.25) is 24.0 Å². The number of alkyl carbamates (subject to hydrolysis) is 1. The lowest BCUT2D eigenvalue weighted by Gasteiger charge is -2.45. The van der Waals surface area contributed by atoms with Crippen molar-refractivity contribution in [3.63, 3.8) is 0 Å². The molecule has 0 radical (unpaired) electrons. The molecule has 15 heteroatoms. The number of fused-ring (bicyclic) bond motifs is 3. The number of esters is 5. The van der Waals surface area contributed by atoms with Crippen molar-refractivity contribution in [1.82, 2.24) is 10.6 Å². The minimum absolute atomic E-state index is 0.0394. The molecule has 1 amide bonds. The lowest BCUT2D eigenvalue weighted by atomic mass is 9.90. The second kappa shape index (κ2) is 19.7. The van der Waals surface area contributed by atoms with Crippen molar-refractivity contribution < 1.29 is 61.9 Å². The molecule has 0 spiro atoms. The third kappa shape index (κ3) is 11.1. The average Bonchev–Trinajstić information content (AvgIpc) is 3.48. The van der Waals surface area contributed by atoms with Crippen LogP contribution < -0.4 is 10.6 Å². The second-order valence-corrected chi connectivity index (χ2v) is 13.3. The summed E-state index contributed by atoms with van der Waals surface area (Å²) in [4.78, 5) is 75.1. The van der Waals surface area contributed by atoms with Crippen LogP contribution in [0, 0.1) is 0 Å². The Bertz CT molecular complexity index is 1820. The lowest BCUT2D eigenvalue weighted by molar-refractivity contribution is -0.254. The van der Waals surface area contributed by atoms with Crippen LogP contribution in [-0.4, -0.2) is 98.8 Å². The Labute approximate surface area is 324 Å². The van der Waals surface area contributed by atoms with Crippen molar-refractivity contribution in [3.8, 4) is 11.1 Å². The van der Waals surface area contributed by atoms with Crippen molar-refractivity contribution in [2.45, 2.75) is 83.2 Å². The zero-order chi connectivity index (χ0) is 40.2. The minimum atomic E-state index is -1.41. The van der Waals surface area contributed by atoms with Crippen molar-refractivity contribution in [3.05, 3.63) is 95.6 Å². The molecule has 56 heavy (non-hydrogen) atoms. The van der Waals surface area contributed by atoms with Crippen LogP contribution in [0.5, 0.6) is 0 Å². The largest absolute Gasteiger partial charge is 0.463 e. The third-order valence-electron chi connectivity index (χ3n) is 9.19. The summed E-state index contributed by atoms with van der Waals surface area (Å²) in [5.74, 6) is -3.82. The summed E-state index contributed by atoms with van der Waals surface area (Å²) >= 11 is 0. The van der Waals surface area contributed by atoms with Crippen molar-refractivity contribution in [1.29, 1.82) is 0 Å². The first-order valence-corrected chi connectivity index (χ1v) is 18.2. The van der Waals surface area contributed by atoms with Crippen LogP contribution in [0.3, 0.4) is 0 Å². The molecule has 15 nitrogen and oxygen atoms in total. The Morgan fingerprint density at radius 3 is 1.75 bits per heavy atom.